The van der Waals surface area contributed by atoms with E-state index in [1.807, 2.05) is 0 Å². The first-order valence-electron chi connectivity index (χ1n) is 3.96. The van der Waals surface area contributed by atoms with Crippen LogP contribution in [0, 0.1) is 5.41 Å². The zero-order valence-electron chi connectivity index (χ0n) is 8.66. The number of nitrogens with two attached hydrogens (primary N) is 1. The molecular formula is C8H15NO4S. The van der Waals surface area contributed by atoms with Crippen LogP contribution in [-0.2, 0) is 14.9 Å². The van der Waals surface area contributed by atoms with Gasteiger partial charge in [0.1, 0.15) is 0 Å². The van der Waals surface area contributed by atoms with Gasteiger partial charge in [-0.25, -0.2) is 0 Å². The van der Waals surface area contributed by atoms with Crippen molar-refractivity contribution in [1.82, 2.24) is 0 Å². The molecule has 0 aliphatic carbocycles. The quantitative estimate of drug-likeness (QED) is 0.529. The summed E-state index contributed by atoms with van der Waals surface area (Å²) < 4.78 is 31.0. The summed E-state index contributed by atoms with van der Waals surface area (Å²) in [5.41, 5.74) is 3.96. The number of carbonyl (C=O) groups is 1. The number of primary amides is 1. The first kappa shape index (κ1) is 13.1. The van der Waals surface area contributed by atoms with Gasteiger partial charge < -0.3 is 5.73 Å². The van der Waals surface area contributed by atoms with Crippen molar-refractivity contribution < 1.29 is 17.8 Å². The first-order chi connectivity index (χ1) is 5.98. The summed E-state index contributed by atoms with van der Waals surface area (Å²) in [6.07, 6.45) is 0. The van der Waals surface area contributed by atoms with Gasteiger partial charge in [-0.2, -0.15) is 8.42 Å². The molecule has 0 heterocycles. The number of allylic oxidation sites excluding steroid dienone is 1. The Bertz CT molecular complexity index is 373. The lowest BCUT2D eigenvalue weighted by Crippen LogP contribution is -2.24. The van der Waals surface area contributed by atoms with Crippen LogP contribution in [0.15, 0.2) is 10.5 Å². The van der Waals surface area contributed by atoms with Crippen molar-refractivity contribution >= 4 is 16.0 Å². The van der Waals surface area contributed by atoms with E-state index in [0.717, 1.165) is 0 Å². The van der Waals surface area contributed by atoms with Crippen LogP contribution in [0.2, 0.25) is 0 Å². The zero-order valence-corrected chi connectivity index (χ0v) is 9.47. The van der Waals surface area contributed by atoms with Crippen molar-refractivity contribution in [2.75, 3.05) is 0 Å². The van der Waals surface area contributed by atoms with Gasteiger partial charge in [-0.1, -0.05) is 20.8 Å². The molecule has 3 N–H and O–H groups in total. The van der Waals surface area contributed by atoms with Gasteiger partial charge in [0, 0.05) is 11.0 Å². The third-order valence-corrected chi connectivity index (χ3v) is 3.08. The summed E-state index contributed by atoms with van der Waals surface area (Å²) in [5.74, 6) is -0.854. The highest BCUT2D eigenvalue weighted by Gasteiger charge is 2.31. The summed E-state index contributed by atoms with van der Waals surface area (Å²) in [5, 5.41) is 0. The lowest BCUT2D eigenvalue weighted by atomic mass is 9.93. The molecule has 0 aromatic heterocycles. The van der Waals surface area contributed by atoms with E-state index < -0.39 is 21.4 Å². The molecule has 6 heteroatoms. The topological polar surface area (TPSA) is 97.5 Å². The van der Waals surface area contributed by atoms with Crippen molar-refractivity contribution in [3.8, 4) is 0 Å². The molecule has 0 radical (unpaired) electrons. The normalized spacial score (nSPS) is 14.9. The minimum absolute atomic E-state index is 0.139. The Morgan fingerprint density at radius 3 is 1.71 bits per heavy atom. The molecule has 0 aromatic rings. The van der Waals surface area contributed by atoms with Gasteiger partial charge in [0.2, 0.25) is 5.91 Å². The largest absolute Gasteiger partial charge is 0.366 e. The van der Waals surface area contributed by atoms with E-state index >= 15 is 0 Å². The van der Waals surface area contributed by atoms with Crippen molar-refractivity contribution in [1.29, 1.82) is 0 Å². The molecule has 0 unspecified atom stereocenters. The van der Waals surface area contributed by atoms with Crippen LogP contribution in [0.5, 0.6) is 0 Å². The van der Waals surface area contributed by atoms with Gasteiger partial charge in [-0.3, -0.25) is 9.35 Å². The predicted molar refractivity (Wildman–Crippen MR) is 52.9 cm³/mol. The maximum atomic E-state index is 11.0. The molecule has 0 saturated heterocycles. The molecule has 82 valence electrons. The Labute approximate surface area is 83.7 Å². The Morgan fingerprint density at radius 1 is 1.29 bits per heavy atom. The maximum Gasteiger partial charge on any atom is 0.291 e. The SMILES string of the molecule is CC(C(N)=O)=C(C(C)(C)C)S(=O)(=O)O. The van der Waals surface area contributed by atoms with Crippen LogP contribution in [0.1, 0.15) is 27.7 Å². The third-order valence-electron chi connectivity index (χ3n) is 1.65. The van der Waals surface area contributed by atoms with Crippen molar-refractivity contribution in [2.24, 2.45) is 11.1 Å². The van der Waals surface area contributed by atoms with Crippen molar-refractivity contribution in [2.45, 2.75) is 27.7 Å². The second-order valence-corrected chi connectivity index (χ2v) is 5.40. The molecule has 0 saturated carbocycles. The average molecular weight is 221 g/mol. The fourth-order valence-corrected chi connectivity index (χ4v) is 2.52. The minimum Gasteiger partial charge on any atom is -0.366 e. The Hall–Kier alpha value is -0.880. The Morgan fingerprint density at radius 2 is 1.64 bits per heavy atom. The molecule has 0 rings (SSSR count). The standard InChI is InChI=1S/C8H15NO4S/c1-5(7(9)10)6(8(2,3)4)14(11,12)13/h1-4H3,(H2,9,10)(H,11,12,13). The Kier molecular flexibility index (Phi) is 3.47. The predicted octanol–water partition coefficient (Wildman–Crippen LogP) is 0.680. The average Bonchev–Trinajstić information content (AvgIpc) is 1.79. The van der Waals surface area contributed by atoms with E-state index in [0.29, 0.717) is 0 Å². The molecule has 0 aliphatic rings. The van der Waals surface area contributed by atoms with Crippen LogP contribution < -0.4 is 5.73 Å². The van der Waals surface area contributed by atoms with Gasteiger partial charge in [0.15, 0.2) is 0 Å². The molecule has 5 nitrogen and oxygen atoms in total. The van der Waals surface area contributed by atoms with Crippen LogP contribution in [-0.4, -0.2) is 18.9 Å². The number of rotatable bonds is 2. The smallest absolute Gasteiger partial charge is 0.291 e. The van der Waals surface area contributed by atoms with Crippen LogP contribution >= 0.6 is 0 Å². The fourth-order valence-electron chi connectivity index (χ4n) is 1.25. The van der Waals surface area contributed by atoms with Gasteiger partial charge >= 0.3 is 0 Å². The van der Waals surface area contributed by atoms with Gasteiger partial charge in [0.05, 0.1) is 4.91 Å². The molecular weight excluding hydrogens is 206 g/mol. The van der Waals surface area contributed by atoms with Crippen LogP contribution in [0.4, 0.5) is 0 Å². The third kappa shape index (κ3) is 3.12. The van der Waals surface area contributed by atoms with Crippen molar-refractivity contribution in [3.05, 3.63) is 10.5 Å². The highest BCUT2D eigenvalue weighted by atomic mass is 32.2. The summed E-state index contributed by atoms with van der Waals surface area (Å²) in [6.45, 7) is 5.99. The summed E-state index contributed by atoms with van der Waals surface area (Å²) >= 11 is 0. The highest BCUT2D eigenvalue weighted by Crippen LogP contribution is 2.31. The molecule has 0 fully saturated rings. The summed E-state index contributed by atoms with van der Waals surface area (Å²) in [4.78, 5) is 10.5. The van der Waals surface area contributed by atoms with Gasteiger partial charge in [-0.15, -0.1) is 0 Å². The second kappa shape index (κ2) is 3.70. The summed E-state index contributed by atoms with van der Waals surface area (Å²) in [7, 11) is -4.39. The molecule has 0 spiro atoms. The lowest BCUT2D eigenvalue weighted by molar-refractivity contribution is -0.114. The number of hydrogen-bond donors (Lipinski definition) is 2. The molecule has 0 aromatic carbocycles. The van der Waals surface area contributed by atoms with Crippen molar-refractivity contribution in [3.63, 3.8) is 0 Å². The lowest BCUT2D eigenvalue weighted by Gasteiger charge is -2.21. The molecule has 1 amide bonds. The zero-order chi connectivity index (χ0) is 11.7. The second-order valence-electron chi connectivity index (χ2n) is 4.04. The van der Waals surface area contributed by atoms with E-state index in [1.54, 1.807) is 20.8 Å². The molecule has 14 heavy (non-hydrogen) atoms. The fraction of sp³-hybridized carbons (Fsp3) is 0.625. The number of hydrogen-bond acceptors (Lipinski definition) is 3. The van der Waals surface area contributed by atoms with Crippen LogP contribution in [0.25, 0.3) is 0 Å². The first-order valence-corrected chi connectivity index (χ1v) is 5.40. The minimum atomic E-state index is -4.39. The molecule has 0 aliphatic heterocycles. The van der Waals surface area contributed by atoms with E-state index in [2.05, 4.69) is 0 Å². The number of carbonyl (C=O) groups excluding carboxylic acids is 1. The highest BCUT2D eigenvalue weighted by molar-refractivity contribution is 7.89. The molecule has 0 atom stereocenters. The van der Waals surface area contributed by atoms with Gasteiger partial charge in [-0.05, 0) is 6.92 Å². The molecule has 0 bridgehead atoms. The van der Waals surface area contributed by atoms with E-state index in [-0.39, 0.29) is 10.5 Å². The maximum absolute atomic E-state index is 11.0. The van der Waals surface area contributed by atoms with E-state index in [1.165, 1.54) is 6.92 Å². The summed E-state index contributed by atoms with van der Waals surface area (Å²) in [6, 6.07) is 0. The van der Waals surface area contributed by atoms with E-state index in [4.69, 9.17) is 10.3 Å². The van der Waals surface area contributed by atoms with E-state index in [9.17, 15) is 13.2 Å². The van der Waals surface area contributed by atoms with Gasteiger partial charge in [0.25, 0.3) is 10.1 Å². The monoisotopic (exact) mass is 221 g/mol. The number of amides is 1. The Balaban J connectivity index is 5.84. The van der Waals surface area contributed by atoms with Crippen LogP contribution in [0.3, 0.4) is 0 Å².